The van der Waals surface area contributed by atoms with Crippen LogP contribution >= 0.6 is 0 Å². The van der Waals surface area contributed by atoms with Gasteiger partial charge < -0.3 is 15.0 Å². The van der Waals surface area contributed by atoms with E-state index in [0.29, 0.717) is 35.7 Å². The first-order valence-electron chi connectivity index (χ1n) is 9.92. The number of anilines is 1. The fourth-order valence-electron chi connectivity index (χ4n) is 2.95. The van der Waals surface area contributed by atoms with Crippen LogP contribution in [0.3, 0.4) is 0 Å². The fraction of sp³-hybridized carbons (Fsp3) is 0.391. The number of carbonyl (C=O) groups is 2. The molecule has 5 nitrogen and oxygen atoms in total. The molecular formula is C23H30N2O3. The first kappa shape index (κ1) is 21.5. The van der Waals surface area contributed by atoms with Crippen molar-refractivity contribution in [2.24, 2.45) is 0 Å². The van der Waals surface area contributed by atoms with Crippen LogP contribution in [0.1, 0.15) is 61.3 Å². The number of nitrogens with one attached hydrogen (secondary N) is 1. The first-order valence-corrected chi connectivity index (χ1v) is 9.92. The monoisotopic (exact) mass is 382 g/mol. The third-order valence-electron chi connectivity index (χ3n) is 4.14. The Balaban J connectivity index is 2.20. The van der Waals surface area contributed by atoms with Crippen LogP contribution in [0.2, 0.25) is 0 Å². The van der Waals surface area contributed by atoms with Crippen LogP contribution < -0.4 is 10.1 Å². The van der Waals surface area contributed by atoms with Crippen molar-refractivity contribution >= 4 is 17.5 Å². The maximum Gasteiger partial charge on any atom is 0.255 e. The molecule has 5 heteroatoms. The summed E-state index contributed by atoms with van der Waals surface area (Å²) in [5.74, 6) is 0.309. The van der Waals surface area contributed by atoms with E-state index in [1.54, 1.807) is 30.3 Å². The zero-order chi connectivity index (χ0) is 20.5. The molecule has 0 unspecified atom stereocenters. The van der Waals surface area contributed by atoms with Crippen LogP contribution in [-0.2, 0) is 0 Å². The fourth-order valence-corrected chi connectivity index (χ4v) is 2.95. The molecule has 0 saturated heterocycles. The molecule has 1 N–H and O–H groups in total. The van der Waals surface area contributed by atoms with E-state index in [0.717, 1.165) is 12.8 Å². The van der Waals surface area contributed by atoms with Crippen LogP contribution in [0, 0.1) is 0 Å². The van der Waals surface area contributed by atoms with E-state index in [4.69, 9.17) is 4.74 Å². The SMILES string of the molecule is CCCN(CCC)C(=O)c1cccc(C(=O)Nc2ccccc2OC(C)C)c1. The van der Waals surface area contributed by atoms with Gasteiger partial charge in [-0.3, -0.25) is 9.59 Å². The molecule has 0 saturated carbocycles. The maximum absolute atomic E-state index is 12.8. The lowest BCUT2D eigenvalue weighted by Crippen LogP contribution is -2.32. The van der Waals surface area contributed by atoms with Crippen molar-refractivity contribution in [2.75, 3.05) is 18.4 Å². The molecule has 0 heterocycles. The van der Waals surface area contributed by atoms with Crippen molar-refractivity contribution in [3.63, 3.8) is 0 Å². The molecule has 28 heavy (non-hydrogen) atoms. The highest BCUT2D eigenvalue weighted by Crippen LogP contribution is 2.25. The number of hydrogen-bond acceptors (Lipinski definition) is 3. The van der Waals surface area contributed by atoms with Crippen molar-refractivity contribution in [1.29, 1.82) is 0 Å². The second kappa shape index (κ2) is 10.5. The summed E-state index contributed by atoms with van der Waals surface area (Å²) in [5, 5.41) is 2.89. The van der Waals surface area contributed by atoms with Gasteiger partial charge in [-0.1, -0.05) is 32.0 Å². The van der Waals surface area contributed by atoms with Gasteiger partial charge in [-0.05, 0) is 57.0 Å². The van der Waals surface area contributed by atoms with Gasteiger partial charge in [0.25, 0.3) is 11.8 Å². The van der Waals surface area contributed by atoms with Gasteiger partial charge in [-0.25, -0.2) is 0 Å². The van der Waals surface area contributed by atoms with E-state index in [2.05, 4.69) is 19.2 Å². The summed E-state index contributed by atoms with van der Waals surface area (Å²) >= 11 is 0. The number of para-hydroxylation sites is 2. The number of carbonyl (C=O) groups excluding carboxylic acids is 2. The lowest BCUT2D eigenvalue weighted by atomic mass is 10.1. The number of nitrogens with zero attached hydrogens (tertiary/aromatic N) is 1. The molecule has 2 aromatic rings. The van der Waals surface area contributed by atoms with Gasteiger partial charge in [0.1, 0.15) is 5.75 Å². The Hall–Kier alpha value is -2.82. The maximum atomic E-state index is 12.8. The standard InChI is InChI=1S/C23H30N2O3/c1-5-14-25(15-6-2)23(27)19-11-9-10-18(16-19)22(26)24-20-12-7-8-13-21(20)28-17(3)4/h7-13,16-17H,5-6,14-15H2,1-4H3,(H,24,26). The molecule has 2 amide bonds. The number of hydrogen-bond donors (Lipinski definition) is 1. The second-order valence-electron chi connectivity index (χ2n) is 6.99. The smallest absolute Gasteiger partial charge is 0.255 e. The van der Waals surface area contributed by atoms with Crippen LogP contribution in [0.25, 0.3) is 0 Å². The van der Waals surface area contributed by atoms with Crippen molar-refractivity contribution in [3.8, 4) is 5.75 Å². The Labute approximate surface area is 167 Å². The van der Waals surface area contributed by atoms with E-state index in [1.807, 2.05) is 36.9 Å². The Morgan fingerprint density at radius 3 is 2.25 bits per heavy atom. The number of rotatable bonds is 9. The van der Waals surface area contributed by atoms with Crippen LogP contribution in [0.4, 0.5) is 5.69 Å². The Morgan fingerprint density at radius 2 is 1.61 bits per heavy atom. The molecule has 0 spiro atoms. The van der Waals surface area contributed by atoms with Crippen molar-refractivity contribution in [2.45, 2.75) is 46.6 Å². The minimum absolute atomic E-state index is 0.00196. The topological polar surface area (TPSA) is 58.6 Å². The van der Waals surface area contributed by atoms with Gasteiger partial charge in [-0.15, -0.1) is 0 Å². The highest BCUT2D eigenvalue weighted by Gasteiger charge is 2.17. The third-order valence-corrected chi connectivity index (χ3v) is 4.14. The highest BCUT2D eigenvalue weighted by molar-refractivity contribution is 6.06. The summed E-state index contributed by atoms with van der Waals surface area (Å²) < 4.78 is 5.75. The number of benzene rings is 2. The molecule has 150 valence electrons. The molecular weight excluding hydrogens is 352 g/mol. The average molecular weight is 383 g/mol. The van der Waals surface area contributed by atoms with Crippen molar-refractivity contribution in [3.05, 3.63) is 59.7 Å². The van der Waals surface area contributed by atoms with Gasteiger partial charge >= 0.3 is 0 Å². The van der Waals surface area contributed by atoms with E-state index < -0.39 is 0 Å². The minimum atomic E-state index is -0.271. The molecule has 0 aliphatic rings. The van der Waals surface area contributed by atoms with Crippen molar-refractivity contribution in [1.82, 2.24) is 4.90 Å². The van der Waals surface area contributed by atoms with Gasteiger partial charge in [-0.2, -0.15) is 0 Å². The molecule has 0 aromatic heterocycles. The quantitative estimate of drug-likeness (QED) is 0.665. The van der Waals surface area contributed by atoms with Gasteiger partial charge in [0.05, 0.1) is 11.8 Å². The molecule has 0 aliphatic carbocycles. The van der Waals surface area contributed by atoms with Crippen LogP contribution in [0.5, 0.6) is 5.75 Å². The number of ether oxygens (including phenoxy) is 1. The second-order valence-corrected chi connectivity index (χ2v) is 6.99. The molecule has 2 rings (SSSR count). The predicted molar refractivity (Wildman–Crippen MR) is 113 cm³/mol. The number of amides is 2. The Morgan fingerprint density at radius 1 is 0.964 bits per heavy atom. The molecule has 0 bridgehead atoms. The summed E-state index contributed by atoms with van der Waals surface area (Å²) in [7, 11) is 0. The van der Waals surface area contributed by atoms with Crippen LogP contribution in [0.15, 0.2) is 48.5 Å². The summed E-state index contributed by atoms with van der Waals surface area (Å²) in [6.45, 7) is 9.40. The van der Waals surface area contributed by atoms with Crippen LogP contribution in [-0.4, -0.2) is 35.9 Å². The third kappa shape index (κ3) is 5.84. The van der Waals surface area contributed by atoms with E-state index in [1.165, 1.54) is 0 Å². The summed E-state index contributed by atoms with van der Waals surface area (Å²) in [6, 6.07) is 14.2. The lowest BCUT2D eigenvalue weighted by molar-refractivity contribution is 0.0755. The van der Waals surface area contributed by atoms with Gasteiger partial charge in [0.15, 0.2) is 0 Å². The Kier molecular flexibility index (Phi) is 8.05. The Bertz CT molecular complexity index is 796. The molecule has 0 atom stereocenters. The zero-order valence-electron chi connectivity index (χ0n) is 17.2. The van der Waals surface area contributed by atoms with Crippen molar-refractivity contribution < 1.29 is 14.3 Å². The van der Waals surface area contributed by atoms with E-state index >= 15 is 0 Å². The molecule has 0 fully saturated rings. The van der Waals surface area contributed by atoms with Gasteiger partial charge in [0.2, 0.25) is 0 Å². The largest absolute Gasteiger partial charge is 0.489 e. The molecule has 2 aromatic carbocycles. The zero-order valence-corrected chi connectivity index (χ0v) is 17.2. The average Bonchev–Trinajstić information content (AvgIpc) is 2.68. The van der Waals surface area contributed by atoms with Gasteiger partial charge in [0, 0.05) is 24.2 Å². The normalized spacial score (nSPS) is 10.6. The summed E-state index contributed by atoms with van der Waals surface area (Å²) in [4.78, 5) is 27.4. The van der Waals surface area contributed by atoms with E-state index in [-0.39, 0.29) is 17.9 Å². The minimum Gasteiger partial charge on any atom is -0.489 e. The predicted octanol–water partition coefficient (Wildman–Crippen LogP) is 4.99. The molecule has 0 aliphatic heterocycles. The first-order chi connectivity index (χ1) is 13.5. The summed E-state index contributed by atoms with van der Waals surface area (Å²) in [6.07, 6.45) is 1.80. The lowest BCUT2D eigenvalue weighted by Gasteiger charge is -2.21. The summed E-state index contributed by atoms with van der Waals surface area (Å²) in [5.41, 5.74) is 1.58. The highest BCUT2D eigenvalue weighted by atomic mass is 16.5. The van der Waals surface area contributed by atoms with E-state index in [9.17, 15) is 9.59 Å². The molecule has 0 radical (unpaired) electrons.